The van der Waals surface area contributed by atoms with E-state index in [-0.39, 0.29) is 0 Å². The van der Waals surface area contributed by atoms with Gasteiger partial charge >= 0.3 is 0 Å². The van der Waals surface area contributed by atoms with E-state index in [4.69, 9.17) is 0 Å². The Labute approximate surface area is 136 Å². The molecule has 0 saturated carbocycles. The monoisotopic (exact) mass is 299 g/mol. The van der Waals surface area contributed by atoms with Gasteiger partial charge in [-0.15, -0.1) is 0 Å². The van der Waals surface area contributed by atoms with Crippen molar-refractivity contribution >= 4 is 11.0 Å². The maximum atomic E-state index is 2.27. The molecule has 0 fully saturated rings. The highest BCUT2D eigenvalue weighted by atomic mass is 15.0. The molecule has 0 aliphatic rings. The highest BCUT2D eigenvalue weighted by Gasteiger charge is 2.17. The number of aromatic nitrogens is 2. The molecular formula is C21H19N2+. The minimum atomic E-state index is 1.19. The van der Waals surface area contributed by atoms with Crippen molar-refractivity contribution in [3.8, 4) is 16.9 Å². The summed E-state index contributed by atoms with van der Waals surface area (Å²) in [5.41, 5.74) is 7.45. The largest absolute Gasteiger partial charge is 0.311 e. The van der Waals surface area contributed by atoms with Crippen molar-refractivity contribution in [2.75, 3.05) is 0 Å². The fourth-order valence-electron chi connectivity index (χ4n) is 3.23. The van der Waals surface area contributed by atoms with Gasteiger partial charge in [0.1, 0.15) is 12.6 Å². The average molecular weight is 299 g/mol. The molecule has 0 radical (unpaired) electrons. The Morgan fingerprint density at radius 2 is 1.52 bits per heavy atom. The van der Waals surface area contributed by atoms with Crippen molar-refractivity contribution in [3.63, 3.8) is 0 Å². The van der Waals surface area contributed by atoms with Crippen LogP contribution in [0.3, 0.4) is 0 Å². The molecule has 0 N–H and O–H groups in total. The van der Waals surface area contributed by atoms with Crippen LogP contribution in [0.15, 0.2) is 79.0 Å². The molecule has 0 saturated heterocycles. The van der Waals surface area contributed by atoms with Gasteiger partial charge in [0.15, 0.2) is 0 Å². The van der Waals surface area contributed by atoms with Crippen LogP contribution in [0.4, 0.5) is 0 Å². The van der Waals surface area contributed by atoms with Crippen LogP contribution >= 0.6 is 0 Å². The summed E-state index contributed by atoms with van der Waals surface area (Å²) < 4.78 is 4.51. The number of para-hydroxylation sites is 1. The van der Waals surface area contributed by atoms with Gasteiger partial charge in [0.2, 0.25) is 11.2 Å². The number of fused-ring (bicyclic) bond motifs is 1. The Balaban J connectivity index is 1.93. The van der Waals surface area contributed by atoms with Crippen LogP contribution in [-0.4, -0.2) is 4.57 Å². The lowest BCUT2D eigenvalue weighted by molar-refractivity contribution is -0.633. The molecule has 4 aromatic rings. The lowest BCUT2D eigenvalue weighted by atomic mass is 10.0. The Bertz CT molecular complexity index is 981. The number of aryl methyl sites for hydroxylation is 2. The molecule has 2 heterocycles. The van der Waals surface area contributed by atoms with E-state index in [1.807, 2.05) is 6.07 Å². The summed E-state index contributed by atoms with van der Waals surface area (Å²) in [4.78, 5) is 0. The van der Waals surface area contributed by atoms with Crippen molar-refractivity contribution in [2.24, 2.45) is 7.05 Å². The zero-order valence-corrected chi connectivity index (χ0v) is 13.4. The van der Waals surface area contributed by atoms with Gasteiger partial charge in [-0.3, -0.25) is 0 Å². The zero-order chi connectivity index (χ0) is 15.8. The van der Waals surface area contributed by atoms with Crippen molar-refractivity contribution in [3.05, 3.63) is 84.6 Å². The molecule has 2 nitrogen and oxygen atoms in total. The molecule has 0 spiro atoms. The summed E-state index contributed by atoms with van der Waals surface area (Å²) in [6.45, 7) is 2.16. The standard InChI is InChI=1S/C21H19N2/c1-16-8-6-7-11-18(16)19-12-13-21-20(22(19)2)14-15-23(21)17-9-4-3-5-10-17/h3-15H,1-2H3/q+1. The molecule has 2 heteroatoms. The maximum Gasteiger partial charge on any atom is 0.231 e. The Kier molecular flexibility index (Phi) is 3.23. The summed E-state index contributed by atoms with van der Waals surface area (Å²) in [6, 6.07) is 25.6. The van der Waals surface area contributed by atoms with Gasteiger partial charge in [-0.2, -0.15) is 4.57 Å². The van der Waals surface area contributed by atoms with Crippen LogP contribution in [0.25, 0.3) is 28.0 Å². The van der Waals surface area contributed by atoms with Crippen LogP contribution < -0.4 is 4.57 Å². The van der Waals surface area contributed by atoms with Crippen molar-refractivity contribution in [2.45, 2.75) is 6.92 Å². The first-order valence-electron chi connectivity index (χ1n) is 7.87. The second-order valence-electron chi connectivity index (χ2n) is 5.88. The molecule has 2 aromatic carbocycles. The molecule has 0 amide bonds. The summed E-state index contributed by atoms with van der Waals surface area (Å²) in [5.74, 6) is 0. The zero-order valence-electron chi connectivity index (χ0n) is 13.4. The molecule has 2 aromatic heterocycles. The predicted octanol–water partition coefficient (Wildman–Crippen LogP) is 4.43. The quantitative estimate of drug-likeness (QED) is 0.484. The lowest BCUT2D eigenvalue weighted by Gasteiger charge is -2.07. The molecular weight excluding hydrogens is 280 g/mol. The molecule has 4 rings (SSSR count). The molecule has 112 valence electrons. The summed E-state index contributed by atoms with van der Waals surface area (Å²) in [6.07, 6.45) is 2.14. The van der Waals surface area contributed by atoms with Gasteiger partial charge in [0.25, 0.3) is 0 Å². The van der Waals surface area contributed by atoms with Gasteiger partial charge in [0.05, 0.1) is 0 Å². The molecule has 0 bridgehead atoms. The molecule has 0 aliphatic carbocycles. The lowest BCUT2D eigenvalue weighted by Crippen LogP contribution is -2.31. The fourth-order valence-corrected chi connectivity index (χ4v) is 3.23. The van der Waals surface area contributed by atoms with Gasteiger partial charge < -0.3 is 4.57 Å². The van der Waals surface area contributed by atoms with Gasteiger partial charge in [-0.1, -0.05) is 36.4 Å². The smallest absolute Gasteiger partial charge is 0.231 e. The van der Waals surface area contributed by atoms with Gasteiger partial charge in [-0.05, 0) is 36.8 Å². The second-order valence-corrected chi connectivity index (χ2v) is 5.88. The van der Waals surface area contributed by atoms with E-state index in [2.05, 4.69) is 96.0 Å². The maximum absolute atomic E-state index is 2.27. The summed E-state index contributed by atoms with van der Waals surface area (Å²) in [5, 5.41) is 0. The van der Waals surface area contributed by atoms with E-state index in [9.17, 15) is 0 Å². The third kappa shape index (κ3) is 2.23. The van der Waals surface area contributed by atoms with Crippen LogP contribution in [0.1, 0.15) is 5.56 Å². The minimum Gasteiger partial charge on any atom is -0.311 e. The van der Waals surface area contributed by atoms with Crippen molar-refractivity contribution in [1.29, 1.82) is 0 Å². The molecule has 0 aliphatic heterocycles. The number of rotatable bonds is 2. The van der Waals surface area contributed by atoms with E-state index in [1.54, 1.807) is 0 Å². The first kappa shape index (κ1) is 13.8. The predicted molar refractivity (Wildman–Crippen MR) is 94.6 cm³/mol. The highest BCUT2D eigenvalue weighted by molar-refractivity contribution is 5.77. The Morgan fingerprint density at radius 1 is 0.783 bits per heavy atom. The van der Waals surface area contributed by atoms with E-state index in [0.717, 1.165) is 0 Å². The van der Waals surface area contributed by atoms with E-state index >= 15 is 0 Å². The summed E-state index contributed by atoms with van der Waals surface area (Å²) in [7, 11) is 2.14. The van der Waals surface area contributed by atoms with Crippen LogP contribution in [0, 0.1) is 6.92 Å². The first-order valence-corrected chi connectivity index (χ1v) is 7.87. The molecule has 23 heavy (non-hydrogen) atoms. The van der Waals surface area contributed by atoms with Gasteiger partial charge in [-0.25, -0.2) is 0 Å². The first-order chi connectivity index (χ1) is 11.3. The second kappa shape index (κ2) is 5.40. The average Bonchev–Trinajstić information content (AvgIpc) is 3.02. The normalized spacial score (nSPS) is 11.0. The highest BCUT2D eigenvalue weighted by Crippen LogP contribution is 2.24. The topological polar surface area (TPSA) is 8.81 Å². The number of nitrogens with zero attached hydrogens (tertiary/aromatic N) is 2. The number of pyridine rings is 1. The summed E-state index contributed by atoms with van der Waals surface area (Å²) >= 11 is 0. The molecule has 0 unspecified atom stereocenters. The SMILES string of the molecule is Cc1ccccc1-c1ccc2c(ccn2-c2ccccc2)[n+]1C. The third-order valence-corrected chi connectivity index (χ3v) is 4.48. The van der Waals surface area contributed by atoms with Crippen LogP contribution in [-0.2, 0) is 7.05 Å². The van der Waals surface area contributed by atoms with E-state index < -0.39 is 0 Å². The van der Waals surface area contributed by atoms with Gasteiger partial charge in [0, 0.05) is 29.6 Å². The number of hydrogen-bond acceptors (Lipinski definition) is 0. The molecule has 0 atom stereocenters. The van der Waals surface area contributed by atoms with E-state index in [1.165, 1.54) is 33.5 Å². The number of benzene rings is 2. The fraction of sp³-hybridized carbons (Fsp3) is 0.0952. The van der Waals surface area contributed by atoms with Crippen molar-refractivity contribution < 1.29 is 4.57 Å². The Morgan fingerprint density at radius 3 is 2.30 bits per heavy atom. The van der Waals surface area contributed by atoms with Crippen LogP contribution in [0.2, 0.25) is 0 Å². The number of hydrogen-bond donors (Lipinski definition) is 0. The third-order valence-electron chi connectivity index (χ3n) is 4.48. The van der Waals surface area contributed by atoms with Crippen molar-refractivity contribution in [1.82, 2.24) is 4.57 Å². The Hall–Kier alpha value is -2.87. The van der Waals surface area contributed by atoms with E-state index in [0.29, 0.717) is 0 Å². The minimum absolute atomic E-state index is 1.19. The van der Waals surface area contributed by atoms with Crippen LogP contribution in [0.5, 0.6) is 0 Å².